The van der Waals surface area contributed by atoms with Crippen LogP contribution in [0.4, 0.5) is 11.5 Å². The van der Waals surface area contributed by atoms with Crippen LogP contribution in [0.3, 0.4) is 0 Å². The highest BCUT2D eigenvalue weighted by atomic mass is 16.7. The third-order valence-corrected chi connectivity index (χ3v) is 4.89. The Morgan fingerprint density at radius 2 is 1.68 bits per heavy atom. The number of hydrogen-bond acceptors (Lipinski definition) is 5. The summed E-state index contributed by atoms with van der Waals surface area (Å²) in [7, 11) is 0. The molecule has 0 bridgehead atoms. The van der Waals surface area contributed by atoms with Crippen LogP contribution >= 0.6 is 0 Å². The van der Waals surface area contributed by atoms with Gasteiger partial charge < -0.3 is 19.4 Å². The highest BCUT2D eigenvalue weighted by Crippen LogP contribution is 2.35. The molecule has 1 heterocycles. The molecule has 0 amide bonds. The van der Waals surface area contributed by atoms with Gasteiger partial charge >= 0.3 is 0 Å². The predicted octanol–water partition coefficient (Wildman–Crippen LogP) is 5.52. The number of nitriles is 2. The van der Waals surface area contributed by atoms with E-state index in [2.05, 4.69) is 9.88 Å². The van der Waals surface area contributed by atoms with Gasteiger partial charge in [0.25, 0.3) is 0 Å². The van der Waals surface area contributed by atoms with Crippen molar-refractivity contribution in [2.75, 3.05) is 18.5 Å². The predicted molar refractivity (Wildman–Crippen MR) is 123 cm³/mol. The molecule has 0 fully saturated rings. The van der Waals surface area contributed by atoms with Gasteiger partial charge in [-0.05, 0) is 45.0 Å². The molecule has 0 radical (unpaired) electrons. The van der Waals surface area contributed by atoms with Crippen LogP contribution in [0.2, 0.25) is 0 Å². The number of fused-ring (bicyclic) bond motifs is 1. The maximum absolute atomic E-state index is 9.35. The van der Waals surface area contributed by atoms with Gasteiger partial charge in [0, 0.05) is 29.9 Å². The van der Waals surface area contributed by atoms with E-state index in [9.17, 15) is 10.5 Å². The fourth-order valence-electron chi connectivity index (χ4n) is 3.48. The van der Waals surface area contributed by atoms with E-state index < -0.39 is 6.29 Å². The van der Waals surface area contributed by atoms with Crippen LogP contribution in [0.5, 0.6) is 0 Å². The molecule has 0 unspecified atom stereocenters. The third-order valence-electron chi connectivity index (χ3n) is 4.89. The highest BCUT2D eigenvalue weighted by Gasteiger charge is 2.20. The number of hydrogen-bond donors (Lipinski definition) is 1. The first-order valence-corrected chi connectivity index (χ1v) is 10.3. The van der Waals surface area contributed by atoms with E-state index >= 15 is 0 Å². The molecule has 3 rings (SSSR count). The van der Waals surface area contributed by atoms with Crippen LogP contribution in [0.25, 0.3) is 17.0 Å². The third kappa shape index (κ3) is 5.13. The smallest absolute Gasteiger partial charge is 0.175 e. The van der Waals surface area contributed by atoms with E-state index in [1.807, 2.05) is 81.4 Å². The average molecular weight is 415 g/mol. The lowest BCUT2D eigenvalue weighted by molar-refractivity contribution is -0.142. The second-order valence-electron chi connectivity index (χ2n) is 7.00. The normalized spacial score (nSPS) is 10.6. The molecule has 1 aromatic heterocycles. The fourth-order valence-corrected chi connectivity index (χ4v) is 3.48. The first-order valence-electron chi connectivity index (χ1n) is 10.3. The van der Waals surface area contributed by atoms with Crippen molar-refractivity contribution in [1.29, 1.82) is 10.5 Å². The Balaban J connectivity index is 2.21. The molecule has 3 aromatic rings. The number of para-hydroxylation sites is 1. The lowest BCUT2D eigenvalue weighted by Crippen LogP contribution is -2.24. The number of nitrogens with one attached hydrogen (secondary N) is 1. The first kappa shape index (κ1) is 22.1. The van der Waals surface area contributed by atoms with Crippen LogP contribution in [0, 0.1) is 29.6 Å². The van der Waals surface area contributed by atoms with Gasteiger partial charge in [0.05, 0.1) is 12.1 Å². The van der Waals surface area contributed by atoms with Gasteiger partial charge in [-0.25, -0.2) is 0 Å². The number of benzene rings is 2. The summed E-state index contributed by atoms with van der Waals surface area (Å²) in [6, 6.07) is 19.9. The van der Waals surface area contributed by atoms with Crippen molar-refractivity contribution in [2.45, 2.75) is 33.6 Å². The average Bonchev–Trinajstić information content (AvgIpc) is 3.06. The van der Waals surface area contributed by atoms with Gasteiger partial charge in [-0.2, -0.15) is 10.5 Å². The zero-order chi connectivity index (χ0) is 22.2. The van der Waals surface area contributed by atoms with E-state index in [-0.39, 0.29) is 5.57 Å². The number of aryl methyl sites for hydroxylation is 1. The molecule has 1 N–H and O–H groups in total. The molecule has 0 saturated heterocycles. The summed E-state index contributed by atoms with van der Waals surface area (Å²) in [6.45, 7) is 7.43. The SMILES string of the molecule is CCOC(Cn1c(Nc2ccc(C)cc2)c(C=C(C#N)C#N)c2ccccc21)OCC. The summed E-state index contributed by atoms with van der Waals surface area (Å²) in [5, 5.41) is 23.1. The second kappa shape index (κ2) is 10.4. The lowest BCUT2D eigenvalue weighted by atomic mass is 10.1. The van der Waals surface area contributed by atoms with Crippen molar-refractivity contribution < 1.29 is 9.47 Å². The van der Waals surface area contributed by atoms with Crippen molar-refractivity contribution in [3.8, 4) is 12.1 Å². The molecule has 31 heavy (non-hydrogen) atoms. The van der Waals surface area contributed by atoms with Crippen LogP contribution < -0.4 is 5.32 Å². The van der Waals surface area contributed by atoms with Crippen LogP contribution in [0.15, 0.2) is 54.1 Å². The number of aromatic nitrogens is 1. The van der Waals surface area contributed by atoms with Crippen molar-refractivity contribution >= 4 is 28.5 Å². The zero-order valence-electron chi connectivity index (χ0n) is 18.1. The van der Waals surface area contributed by atoms with Gasteiger partial charge in [0.2, 0.25) is 0 Å². The van der Waals surface area contributed by atoms with E-state index in [1.54, 1.807) is 6.08 Å². The molecule has 158 valence electrons. The van der Waals surface area contributed by atoms with Gasteiger partial charge in [0.1, 0.15) is 23.5 Å². The Morgan fingerprint density at radius 1 is 1.03 bits per heavy atom. The topological polar surface area (TPSA) is 83.0 Å². The van der Waals surface area contributed by atoms with Gasteiger partial charge in [-0.15, -0.1) is 0 Å². The summed E-state index contributed by atoms with van der Waals surface area (Å²) < 4.78 is 13.7. The van der Waals surface area contributed by atoms with Crippen molar-refractivity contribution in [1.82, 2.24) is 4.57 Å². The van der Waals surface area contributed by atoms with Gasteiger partial charge in [0.15, 0.2) is 6.29 Å². The molecule has 0 atom stereocenters. The Morgan fingerprint density at radius 3 is 2.29 bits per heavy atom. The maximum atomic E-state index is 9.35. The minimum Gasteiger partial charge on any atom is -0.351 e. The standard InChI is InChI=1S/C25H26N4O2/c1-4-30-24(31-5-2)17-29-23-9-7-6-8-21(23)22(14-19(15-26)16-27)25(29)28-20-12-10-18(3)11-13-20/h6-14,24,28H,4-5,17H2,1-3H3. The number of ether oxygens (including phenoxy) is 2. The van der Waals surface area contributed by atoms with Gasteiger partial charge in [-0.3, -0.25) is 0 Å². The van der Waals surface area contributed by atoms with Crippen molar-refractivity contribution in [3.05, 3.63) is 65.2 Å². The summed E-state index contributed by atoms with van der Waals surface area (Å²) in [5.74, 6) is 0.775. The molecular formula is C25H26N4O2. The minimum atomic E-state index is -0.424. The molecule has 6 heteroatoms. The van der Waals surface area contributed by atoms with Crippen molar-refractivity contribution in [3.63, 3.8) is 0 Å². The van der Waals surface area contributed by atoms with Crippen molar-refractivity contribution in [2.24, 2.45) is 0 Å². The summed E-state index contributed by atoms with van der Waals surface area (Å²) in [5.41, 5.74) is 3.85. The van der Waals surface area contributed by atoms with E-state index in [0.717, 1.165) is 33.5 Å². The molecule has 2 aromatic carbocycles. The zero-order valence-corrected chi connectivity index (χ0v) is 18.1. The first-order chi connectivity index (χ1) is 15.1. The molecule has 0 spiro atoms. The molecule has 0 aliphatic heterocycles. The fraction of sp³-hybridized carbons (Fsp3) is 0.280. The molecule has 0 aliphatic rings. The van der Waals surface area contributed by atoms with E-state index in [1.165, 1.54) is 0 Å². The molecule has 6 nitrogen and oxygen atoms in total. The Hall–Kier alpha value is -3.58. The monoisotopic (exact) mass is 414 g/mol. The Bertz CT molecular complexity index is 1130. The lowest BCUT2D eigenvalue weighted by Gasteiger charge is -2.21. The Kier molecular flexibility index (Phi) is 7.45. The van der Waals surface area contributed by atoms with Gasteiger partial charge in [-0.1, -0.05) is 35.9 Å². The van der Waals surface area contributed by atoms with Crippen LogP contribution in [-0.2, 0) is 16.0 Å². The van der Waals surface area contributed by atoms with Crippen LogP contribution in [-0.4, -0.2) is 24.1 Å². The molecular weight excluding hydrogens is 388 g/mol. The number of allylic oxidation sites excluding steroid dienone is 1. The number of nitrogens with zero attached hydrogens (tertiary/aromatic N) is 3. The molecule has 0 saturated carbocycles. The van der Waals surface area contributed by atoms with E-state index in [4.69, 9.17) is 9.47 Å². The quantitative estimate of drug-likeness (QED) is 0.368. The van der Waals surface area contributed by atoms with Crippen LogP contribution in [0.1, 0.15) is 25.0 Å². The van der Waals surface area contributed by atoms with E-state index in [0.29, 0.717) is 19.8 Å². The minimum absolute atomic E-state index is 0.0426. The maximum Gasteiger partial charge on any atom is 0.175 e. The Labute approximate surface area is 182 Å². The molecule has 0 aliphatic carbocycles. The summed E-state index contributed by atoms with van der Waals surface area (Å²) in [6.07, 6.45) is 1.21. The summed E-state index contributed by atoms with van der Waals surface area (Å²) >= 11 is 0. The number of anilines is 2. The largest absolute Gasteiger partial charge is 0.351 e. The highest BCUT2D eigenvalue weighted by molar-refractivity contribution is 5.98. The number of rotatable bonds is 9. The second-order valence-corrected chi connectivity index (χ2v) is 7.00. The summed E-state index contributed by atoms with van der Waals surface area (Å²) in [4.78, 5) is 0.